The number of benzene rings is 1. The van der Waals surface area contributed by atoms with Crippen molar-refractivity contribution in [3.05, 3.63) is 46.2 Å². The Hall–Kier alpha value is -2.01. The number of urea groups is 1. The van der Waals surface area contributed by atoms with Crippen LogP contribution in [0.1, 0.15) is 16.7 Å². The first-order chi connectivity index (χ1) is 9.71. The second-order valence-electron chi connectivity index (χ2n) is 4.26. The minimum Gasteiger partial charge on any atom is -0.497 e. The minimum atomic E-state index is -0.207. The smallest absolute Gasteiger partial charge is 0.319 e. The van der Waals surface area contributed by atoms with Crippen LogP contribution in [0, 0.1) is 0 Å². The number of anilines is 1. The summed E-state index contributed by atoms with van der Waals surface area (Å²) in [6.45, 7) is 2.67. The van der Waals surface area contributed by atoms with Crippen LogP contribution in [-0.4, -0.2) is 13.1 Å². The van der Waals surface area contributed by atoms with Gasteiger partial charge in [-0.3, -0.25) is 0 Å². The molecular formula is C15H18N2O2S. The molecular weight excluding hydrogens is 272 g/mol. The fourth-order valence-electron chi connectivity index (χ4n) is 1.72. The molecule has 2 aromatic rings. The number of ether oxygens (including phenoxy) is 1. The van der Waals surface area contributed by atoms with Gasteiger partial charge in [-0.25, -0.2) is 4.79 Å². The van der Waals surface area contributed by atoms with Crippen LogP contribution in [-0.2, 0) is 13.0 Å². The largest absolute Gasteiger partial charge is 0.497 e. The Morgan fingerprint density at radius 2 is 1.85 bits per heavy atom. The highest BCUT2D eigenvalue weighted by Gasteiger charge is 2.03. The van der Waals surface area contributed by atoms with Crippen molar-refractivity contribution in [2.45, 2.75) is 19.9 Å². The van der Waals surface area contributed by atoms with Gasteiger partial charge in [0.15, 0.2) is 0 Å². The molecule has 0 fully saturated rings. The minimum absolute atomic E-state index is 0.207. The molecule has 2 N–H and O–H groups in total. The summed E-state index contributed by atoms with van der Waals surface area (Å²) in [7, 11) is 1.61. The topological polar surface area (TPSA) is 50.4 Å². The molecule has 0 unspecified atom stereocenters. The molecule has 0 aliphatic carbocycles. The fraction of sp³-hybridized carbons (Fsp3) is 0.267. The summed E-state index contributed by atoms with van der Waals surface area (Å²) in [4.78, 5) is 14.3. The Balaban J connectivity index is 1.82. The van der Waals surface area contributed by atoms with E-state index in [1.54, 1.807) is 30.6 Å². The Morgan fingerprint density at radius 3 is 2.45 bits per heavy atom. The van der Waals surface area contributed by atoms with Gasteiger partial charge in [0.1, 0.15) is 5.75 Å². The van der Waals surface area contributed by atoms with Crippen LogP contribution in [0.15, 0.2) is 36.4 Å². The van der Waals surface area contributed by atoms with Gasteiger partial charge in [0.25, 0.3) is 0 Å². The van der Waals surface area contributed by atoms with E-state index in [0.29, 0.717) is 6.54 Å². The lowest BCUT2D eigenvalue weighted by Crippen LogP contribution is -2.27. The maximum absolute atomic E-state index is 11.8. The van der Waals surface area contributed by atoms with Gasteiger partial charge in [0.05, 0.1) is 13.7 Å². The zero-order valence-electron chi connectivity index (χ0n) is 11.6. The molecule has 2 rings (SSSR count). The van der Waals surface area contributed by atoms with Gasteiger partial charge < -0.3 is 15.4 Å². The van der Waals surface area contributed by atoms with Gasteiger partial charge in [-0.15, -0.1) is 11.3 Å². The Morgan fingerprint density at radius 1 is 1.15 bits per heavy atom. The normalized spacial score (nSPS) is 10.1. The van der Waals surface area contributed by atoms with Gasteiger partial charge in [-0.2, -0.15) is 0 Å². The predicted octanol–water partition coefficient (Wildman–Crippen LogP) is 3.64. The Kier molecular flexibility index (Phi) is 5.01. The highest BCUT2D eigenvalue weighted by atomic mass is 32.1. The summed E-state index contributed by atoms with van der Waals surface area (Å²) in [6, 6.07) is 11.2. The van der Waals surface area contributed by atoms with E-state index < -0.39 is 0 Å². The molecule has 1 aromatic heterocycles. The van der Waals surface area contributed by atoms with E-state index in [1.165, 1.54) is 4.88 Å². The quantitative estimate of drug-likeness (QED) is 0.883. The van der Waals surface area contributed by atoms with Gasteiger partial charge in [-0.1, -0.05) is 6.92 Å². The van der Waals surface area contributed by atoms with Crippen LogP contribution >= 0.6 is 11.3 Å². The van der Waals surface area contributed by atoms with E-state index in [0.717, 1.165) is 22.7 Å². The summed E-state index contributed by atoms with van der Waals surface area (Å²) in [6.07, 6.45) is 1.03. The van der Waals surface area contributed by atoms with Crippen molar-refractivity contribution in [1.29, 1.82) is 0 Å². The van der Waals surface area contributed by atoms with Crippen molar-refractivity contribution in [2.24, 2.45) is 0 Å². The molecule has 4 nitrogen and oxygen atoms in total. The number of amides is 2. The van der Waals surface area contributed by atoms with Gasteiger partial charge >= 0.3 is 6.03 Å². The summed E-state index contributed by atoms with van der Waals surface area (Å²) >= 11 is 1.73. The first kappa shape index (κ1) is 14.4. The average Bonchev–Trinajstić information content (AvgIpc) is 2.94. The van der Waals surface area contributed by atoms with Crippen LogP contribution in [0.3, 0.4) is 0 Å². The predicted molar refractivity (Wildman–Crippen MR) is 82.5 cm³/mol. The lowest BCUT2D eigenvalue weighted by molar-refractivity contribution is 0.252. The Bertz CT molecular complexity index is 564. The number of thiophene rings is 1. The third kappa shape index (κ3) is 3.99. The molecule has 0 radical (unpaired) electrons. The molecule has 20 heavy (non-hydrogen) atoms. The zero-order valence-corrected chi connectivity index (χ0v) is 12.4. The van der Waals surface area contributed by atoms with E-state index in [4.69, 9.17) is 4.74 Å². The maximum Gasteiger partial charge on any atom is 0.319 e. The van der Waals surface area contributed by atoms with E-state index in [-0.39, 0.29) is 6.03 Å². The molecule has 1 heterocycles. The van der Waals surface area contributed by atoms with Crippen LogP contribution in [0.4, 0.5) is 10.5 Å². The zero-order chi connectivity index (χ0) is 14.4. The first-order valence-electron chi connectivity index (χ1n) is 6.47. The van der Waals surface area contributed by atoms with Crippen molar-refractivity contribution in [2.75, 3.05) is 12.4 Å². The standard InChI is InChI=1S/C15H18N2O2S/c1-3-13-8-9-14(20-13)10-16-15(18)17-11-4-6-12(19-2)7-5-11/h4-9H,3,10H2,1-2H3,(H2,16,17,18). The molecule has 1 aromatic carbocycles. The van der Waals surface area contributed by atoms with Crippen molar-refractivity contribution < 1.29 is 9.53 Å². The molecule has 5 heteroatoms. The third-order valence-electron chi connectivity index (χ3n) is 2.84. The third-order valence-corrected chi connectivity index (χ3v) is 4.07. The van der Waals surface area contributed by atoms with Gasteiger partial charge in [0.2, 0.25) is 0 Å². The van der Waals surface area contributed by atoms with Crippen molar-refractivity contribution in [3.63, 3.8) is 0 Å². The van der Waals surface area contributed by atoms with E-state index >= 15 is 0 Å². The van der Waals surface area contributed by atoms with Crippen LogP contribution < -0.4 is 15.4 Å². The summed E-state index contributed by atoms with van der Waals surface area (Å²) in [5, 5.41) is 5.63. The monoisotopic (exact) mass is 290 g/mol. The number of aryl methyl sites for hydroxylation is 1. The lowest BCUT2D eigenvalue weighted by atomic mass is 10.3. The van der Waals surface area contributed by atoms with E-state index in [1.807, 2.05) is 12.1 Å². The van der Waals surface area contributed by atoms with Crippen LogP contribution in [0.25, 0.3) is 0 Å². The number of methoxy groups -OCH3 is 1. The second kappa shape index (κ2) is 6.96. The van der Waals surface area contributed by atoms with Crippen molar-refractivity contribution in [1.82, 2.24) is 5.32 Å². The summed E-state index contributed by atoms with van der Waals surface area (Å²) in [5.74, 6) is 0.765. The second-order valence-corrected chi connectivity index (χ2v) is 5.51. The highest BCUT2D eigenvalue weighted by Crippen LogP contribution is 2.17. The number of nitrogens with one attached hydrogen (secondary N) is 2. The number of carbonyl (C=O) groups is 1. The molecule has 2 amide bonds. The molecule has 106 valence electrons. The average molecular weight is 290 g/mol. The number of hydrogen-bond donors (Lipinski definition) is 2. The lowest BCUT2D eigenvalue weighted by Gasteiger charge is -2.07. The molecule has 0 aliphatic rings. The first-order valence-corrected chi connectivity index (χ1v) is 7.29. The molecule has 0 saturated carbocycles. The molecule has 0 bridgehead atoms. The Labute approximate surface area is 122 Å². The van der Waals surface area contributed by atoms with Crippen molar-refractivity contribution in [3.8, 4) is 5.75 Å². The maximum atomic E-state index is 11.8. The summed E-state index contributed by atoms with van der Waals surface area (Å²) in [5.41, 5.74) is 0.740. The van der Waals surface area contributed by atoms with Crippen LogP contribution in [0.2, 0.25) is 0 Å². The van der Waals surface area contributed by atoms with Gasteiger partial charge in [0, 0.05) is 15.4 Å². The van der Waals surface area contributed by atoms with Gasteiger partial charge in [-0.05, 0) is 42.8 Å². The van der Waals surface area contributed by atoms with Crippen LogP contribution in [0.5, 0.6) is 5.75 Å². The van der Waals surface area contributed by atoms with E-state index in [9.17, 15) is 4.79 Å². The number of rotatable bonds is 5. The molecule has 0 saturated heterocycles. The SMILES string of the molecule is CCc1ccc(CNC(=O)Nc2ccc(OC)cc2)s1. The fourth-order valence-corrected chi connectivity index (χ4v) is 2.62. The van der Waals surface area contributed by atoms with Crippen molar-refractivity contribution >= 4 is 23.1 Å². The highest BCUT2D eigenvalue weighted by molar-refractivity contribution is 7.11. The van der Waals surface area contributed by atoms with E-state index in [2.05, 4.69) is 29.7 Å². The number of carbonyl (C=O) groups excluding carboxylic acids is 1. The molecule has 0 spiro atoms. The molecule has 0 atom stereocenters. The molecule has 0 aliphatic heterocycles. The number of hydrogen-bond acceptors (Lipinski definition) is 3. The summed E-state index contributed by atoms with van der Waals surface area (Å²) < 4.78 is 5.07.